The molecule has 0 aliphatic rings. The van der Waals surface area contributed by atoms with Crippen LogP contribution in [-0.4, -0.2) is 22.0 Å². The summed E-state index contributed by atoms with van der Waals surface area (Å²) in [4.78, 5) is 24.7. The van der Waals surface area contributed by atoms with E-state index in [2.05, 4.69) is 10.3 Å². The van der Waals surface area contributed by atoms with Crippen LogP contribution in [0.5, 0.6) is 0 Å². The van der Waals surface area contributed by atoms with Crippen LogP contribution < -0.4 is 5.32 Å². The lowest BCUT2D eigenvalue weighted by Crippen LogP contribution is -2.04. The molecule has 0 bridgehead atoms. The van der Waals surface area contributed by atoms with Gasteiger partial charge in [-0.05, 0) is 0 Å². The van der Waals surface area contributed by atoms with Gasteiger partial charge < -0.3 is 10.4 Å². The number of hydrogen-bond acceptors (Lipinski definition) is 4. The van der Waals surface area contributed by atoms with Gasteiger partial charge in [-0.3, -0.25) is 4.79 Å². The SMILES string of the molecule is CC(=O)Nc1ncc(C(=O)O)s1. The van der Waals surface area contributed by atoms with Crippen molar-refractivity contribution in [2.45, 2.75) is 6.92 Å². The molecule has 0 radical (unpaired) electrons. The largest absolute Gasteiger partial charge is 0.477 e. The van der Waals surface area contributed by atoms with Gasteiger partial charge in [0.15, 0.2) is 5.13 Å². The van der Waals surface area contributed by atoms with Crippen molar-refractivity contribution in [3.05, 3.63) is 11.1 Å². The minimum Gasteiger partial charge on any atom is -0.477 e. The number of rotatable bonds is 2. The van der Waals surface area contributed by atoms with Gasteiger partial charge in [-0.2, -0.15) is 0 Å². The fourth-order valence-corrected chi connectivity index (χ4v) is 1.28. The van der Waals surface area contributed by atoms with E-state index >= 15 is 0 Å². The van der Waals surface area contributed by atoms with Crippen molar-refractivity contribution in [3.8, 4) is 0 Å². The first-order valence-electron chi connectivity index (χ1n) is 3.06. The third-order valence-corrected chi connectivity index (χ3v) is 1.90. The molecule has 0 aliphatic heterocycles. The highest BCUT2D eigenvalue weighted by Crippen LogP contribution is 2.17. The Morgan fingerprint density at radius 1 is 1.67 bits per heavy atom. The average molecular weight is 186 g/mol. The van der Waals surface area contributed by atoms with E-state index in [1.165, 1.54) is 13.1 Å². The number of amides is 1. The molecule has 0 unspecified atom stereocenters. The van der Waals surface area contributed by atoms with Gasteiger partial charge in [0.05, 0.1) is 6.20 Å². The number of carbonyl (C=O) groups is 2. The van der Waals surface area contributed by atoms with Gasteiger partial charge in [0.2, 0.25) is 5.91 Å². The molecular formula is C6H6N2O3S. The molecular weight excluding hydrogens is 180 g/mol. The van der Waals surface area contributed by atoms with Crippen molar-refractivity contribution in [2.24, 2.45) is 0 Å². The Kier molecular flexibility index (Phi) is 2.39. The summed E-state index contributed by atoms with van der Waals surface area (Å²) in [5, 5.41) is 11.2. The van der Waals surface area contributed by atoms with E-state index in [4.69, 9.17) is 5.11 Å². The van der Waals surface area contributed by atoms with Crippen molar-refractivity contribution in [3.63, 3.8) is 0 Å². The number of nitrogens with one attached hydrogen (secondary N) is 1. The van der Waals surface area contributed by atoms with Crippen LogP contribution in [0.4, 0.5) is 5.13 Å². The summed E-state index contributed by atoms with van der Waals surface area (Å²) in [7, 11) is 0. The maximum absolute atomic E-state index is 10.5. The van der Waals surface area contributed by atoms with Crippen molar-refractivity contribution >= 4 is 28.3 Å². The molecule has 1 aromatic rings. The predicted octanol–water partition coefficient (Wildman–Crippen LogP) is 0.800. The number of aromatic nitrogens is 1. The quantitative estimate of drug-likeness (QED) is 0.716. The summed E-state index contributed by atoms with van der Waals surface area (Å²) in [6.07, 6.45) is 1.21. The number of carbonyl (C=O) groups excluding carboxylic acids is 1. The summed E-state index contributed by atoms with van der Waals surface area (Å²) in [6.45, 7) is 1.34. The van der Waals surface area contributed by atoms with Crippen LogP contribution in [0, 0.1) is 0 Å². The average Bonchev–Trinajstić information content (AvgIpc) is 2.34. The number of hydrogen-bond donors (Lipinski definition) is 2. The van der Waals surface area contributed by atoms with E-state index in [-0.39, 0.29) is 10.8 Å². The summed E-state index contributed by atoms with van der Waals surface area (Å²) in [6, 6.07) is 0. The van der Waals surface area contributed by atoms with Gasteiger partial charge in [-0.15, -0.1) is 0 Å². The highest BCUT2D eigenvalue weighted by molar-refractivity contribution is 7.17. The molecule has 64 valence electrons. The molecule has 1 rings (SSSR count). The van der Waals surface area contributed by atoms with E-state index in [0.717, 1.165) is 11.3 Å². The second kappa shape index (κ2) is 3.31. The molecule has 12 heavy (non-hydrogen) atoms. The highest BCUT2D eigenvalue weighted by atomic mass is 32.1. The number of nitrogens with zero attached hydrogens (tertiary/aromatic N) is 1. The minimum atomic E-state index is -1.04. The Balaban J connectivity index is 2.77. The van der Waals surface area contributed by atoms with Gasteiger partial charge in [0.1, 0.15) is 4.88 Å². The Morgan fingerprint density at radius 3 is 2.75 bits per heavy atom. The zero-order valence-electron chi connectivity index (χ0n) is 6.20. The van der Waals surface area contributed by atoms with Crippen LogP contribution >= 0.6 is 11.3 Å². The molecule has 0 spiro atoms. The number of anilines is 1. The van der Waals surface area contributed by atoms with Gasteiger partial charge in [0, 0.05) is 6.92 Å². The standard InChI is InChI=1S/C6H6N2O3S/c1-3(9)8-6-7-2-4(12-6)5(10)11/h2H,1H3,(H,10,11)(H,7,8,9). The fourth-order valence-electron chi connectivity index (χ4n) is 0.581. The third-order valence-electron chi connectivity index (χ3n) is 0.999. The van der Waals surface area contributed by atoms with Crippen molar-refractivity contribution in [1.82, 2.24) is 4.98 Å². The molecule has 1 heterocycles. The summed E-state index contributed by atoms with van der Waals surface area (Å²) >= 11 is 0.927. The second-order valence-corrected chi connectivity index (χ2v) is 3.05. The molecule has 5 nitrogen and oxygen atoms in total. The monoisotopic (exact) mass is 186 g/mol. The molecule has 0 saturated heterocycles. The Bertz CT molecular complexity index is 320. The zero-order chi connectivity index (χ0) is 9.14. The van der Waals surface area contributed by atoms with Gasteiger partial charge >= 0.3 is 5.97 Å². The number of carboxylic acids is 1. The van der Waals surface area contributed by atoms with Crippen LogP contribution in [0.1, 0.15) is 16.6 Å². The zero-order valence-corrected chi connectivity index (χ0v) is 7.01. The van der Waals surface area contributed by atoms with E-state index in [1.54, 1.807) is 0 Å². The Morgan fingerprint density at radius 2 is 2.33 bits per heavy atom. The Labute approximate surface area is 72.1 Å². The lowest BCUT2D eigenvalue weighted by atomic mass is 10.6. The molecule has 0 fully saturated rings. The van der Waals surface area contributed by atoms with Crippen LogP contribution in [0.2, 0.25) is 0 Å². The van der Waals surface area contributed by atoms with Gasteiger partial charge in [-0.25, -0.2) is 9.78 Å². The first-order valence-corrected chi connectivity index (χ1v) is 3.88. The maximum Gasteiger partial charge on any atom is 0.347 e. The first kappa shape index (κ1) is 8.66. The highest BCUT2D eigenvalue weighted by Gasteiger charge is 2.08. The third kappa shape index (κ3) is 2.03. The van der Waals surface area contributed by atoms with Crippen LogP contribution in [-0.2, 0) is 4.79 Å². The minimum absolute atomic E-state index is 0.110. The molecule has 0 aliphatic carbocycles. The molecule has 1 amide bonds. The molecule has 6 heteroatoms. The van der Waals surface area contributed by atoms with Crippen molar-refractivity contribution in [1.29, 1.82) is 0 Å². The lowest BCUT2D eigenvalue weighted by Gasteiger charge is -1.91. The molecule has 0 aromatic carbocycles. The van der Waals surface area contributed by atoms with E-state index < -0.39 is 5.97 Å². The normalized spacial score (nSPS) is 9.42. The molecule has 0 saturated carbocycles. The maximum atomic E-state index is 10.5. The molecule has 1 aromatic heterocycles. The van der Waals surface area contributed by atoms with E-state index in [9.17, 15) is 9.59 Å². The van der Waals surface area contributed by atoms with Gasteiger partial charge in [0.25, 0.3) is 0 Å². The van der Waals surface area contributed by atoms with Crippen LogP contribution in [0.3, 0.4) is 0 Å². The van der Waals surface area contributed by atoms with Crippen LogP contribution in [0.15, 0.2) is 6.20 Å². The van der Waals surface area contributed by atoms with Crippen molar-refractivity contribution < 1.29 is 14.7 Å². The number of aromatic carboxylic acids is 1. The fraction of sp³-hybridized carbons (Fsp3) is 0.167. The number of thiazole rings is 1. The molecule has 0 atom stereocenters. The van der Waals surface area contributed by atoms with E-state index in [1.807, 2.05) is 0 Å². The predicted molar refractivity (Wildman–Crippen MR) is 43.4 cm³/mol. The van der Waals surface area contributed by atoms with Crippen molar-refractivity contribution in [2.75, 3.05) is 5.32 Å². The summed E-state index contributed by atoms with van der Waals surface area (Å²) in [5.41, 5.74) is 0. The first-order chi connectivity index (χ1) is 5.59. The second-order valence-electron chi connectivity index (χ2n) is 2.02. The van der Waals surface area contributed by atoms with Crippen LogP contribution in [0.25, 0.3) is 0 Å². The summed E-state index contributed by atoms with van der Waals surface area (Å²) < 4.78 is 0. The Hall–Kier alpha value is -1.43. The summed E-state index contributed by atoms with van der Waals surface area (Å²) in [5.74, 6) is -1.30. The van der Waals surface area contributed by atoms with Gasteiger partial charge in [-0.1, -0.05) is 11.3 Å². The lowest BCUT2D eigenvalue weighted by molar-refractivity contribution is -0.114. The smallest absolute Gasteiger partial charge is 0.347 e. The number of carboxylic acid groups (broad SMARTS) is 1. The molecule has 2 N–H and O–H groups in total. The van der Waals surface area contributed by atoms with E-state index in [0.29, 0.717) is 5.13 Å². The topological polar surface area (TPSA) is 79.3 Å².